The zero-order chi connectivity index (χ0) is 13.2. The molecular weight excluding hydrogens is 245 g/mol. The maximum Gasteiger partial charge on any atom is 0.419 e. The third-order valence-electron chi connectivity index (χ3n) is 3.14. The third kappa shape index (κ3) is 2.90. The van der Waals surface area contributed by atoms with Crippen LogP contribution in [-0.4, -0.2) is 36.1 Å². The molecule has 2 heterocycles. The van der Waals surface area contributed by atoms with Crippen molar-refractivity contribution >= 4 is 5.95 Å². The van der Waals surface area contributed by atoms with Crippen LogP contribution in [0.4, 0.5) is 19.1 Å². The average Bonchev–Trinajstić information content (AvgIpc) is 2.38. The monoisotopic (exact) mass is 260 g/mol. The van der Waals surface area contributed by atoms with Crippen LogP contribution in [0.25, 0.3) is 0 Å². The molecule has 0 amide bonds. The summed E-state index contributed by atoms with van der Waals surface area (Å²) in [7, 11) is 1.82. The number of anilines is 1. The zero-order valence-corrected chi connectivity index (χ0v) is 10.0. The highest BCUT2D eigenvalue weighted by Gasteiger charge is 2.31. The molecule has 1 aliphatic rings. The average molecular weight is 260 g/mol. The maximum absolute atomic E-state index is 12.4. The second kappa shape index (κ2) is 5.09. The number of piperidine rings is 1. The van der Waals surface area contributed by atoms with E-state index in [2.05, 4.69) is 15.3 Å². The van der Waals surface area contributed by atoms with E-state index in [4.69, 9.17) is 0 Å². The number of alkyl halides is 3. The van der Waals surface area contributed by atoms with Gasteiger partial charge < -0.3 is 10.2 Å². The first-order valence-corrected chi connectivity index (χ1v) is 5.81. The maximum atomic E-state index is 12.4. The summed E-state index contributed by atoms with van der Waals surface area (Å²) in [6, 6.07) is 0.281. The molecule has 100 valence electrons. The summed E-state index contributed by atoms with van der Waals surface area (Å²) in [5, 5.41) is 3.23. The smallest absolute Gasteiger partial charge is 0.341 e. The van der Waals surface area contributed by atoms with Crippen LogP contribution >= 0.6 is 0 Å². The largest absolute Gasteiger partial charge is 0.419 e. The van der Waals surface area contributed by atoms with Crippen LogP contribution in [-0.2, 0) is 6.18 Å². The molecule has 0 saturated carbocycles. The molecule has 0 radical (unpaired) electrons. The van der Waals surface area contributed by atoms with Crippen molar-refractivity contribution in [3.63, 3.8) is 0 Å². The van der Waals surface area contributed by atoms with Crippen molar-refractivity contribution in [2.45, 2.75) is 25.1 Å². The van der Waals surface area contributed by atoms with E-state index in [-0.39, 0.29) is 6.04 Å². The number of nitrogens with zero attached hydrogens (tertiary/aromatic N) is 3. The fraction of sp³-hybridized carbons (Fsp3) is 0.636. The molecule has 0 bridgehead atoms. The molecule has 2 rings (SSSR count). The topological polar surface area (TPSA) is 41.1 Å². The molecule has 1 saturated heterocycles. The number of hydrogen-bond donors (Lipinski definition) is 1. The van der Waals surface area contributed by atoms with E-state index in [1.54, 1.807) is 0 Å². The fourth-order valence-corrected chi connectivity index (χ4v) is 2.01. The van der Waals surface area contributed by atoms with Gasteiger partial charge in [-0.3, -0.25) is 0 Å². The van der Waals surface area contributed by atoms with Gasteiger partial charge in [-0.05, 0) is 25.9 Å². The highest BCUT2D eigenvalue weighted by molar-refractivity contribution is 5.31. The van der Waals surface area contributed by atoms with Crippen molar-refractivity contribution in [3.05, 3.63) is 18.0 Å². The summed E-state index contributed by atoms with van der Waals surface area (Å²) in [6.45, 7) is 1.82. The standard InChI is InChI=1S/C11H15F3N4/c1-18(9-2-4-15-5-3-9)10-16-6-8(7-17-10)11(12,13)14/h6-7,9,15H,2-5H2,1H3. The Bertz CT molecular complexity index is 384. The first kappa shape index (κ1) is 13.1. The molecule has 1 fully saturated rings. The molecule has 0 unspecified atom stereocenters. The van der Waals surface area contributed by atoms with Crippen molar-refractivity contribution in [3.8, 4) is 0 Å². The molecule has 18 heavy (non-hydrogen) atoms. The van der Waals surface area contributed by atoms with Gasteiger partial charge in [-0.15, -0.1) is 0 Å². The molecule has 1 aromatic heterocycles. The molecule has 0 aromatic carbocycles. The van der Waals surface area contributed by atoms with Crippen LogP contribution in [0.3, 0.4) is 0 Å². The minimum absolute atomic E-state index is 0.281. The molecular formula is C11H15F3N4. The number of aromatic nitrogens is 2. The Labute approximate surface area is 103 Å². The summed E-state index contributed by atoms with van der Waals surface area (Å²) < 4.78 is 37.1. The van der Waals surface area contributed by atoms with Crippen molar-refractivity contribution in [2.24, 2.45) is 0 Å². The predicted molar refractivity (Wildman–Crippen MR) is 61.3 cm³/mol. The lowest BCUT2D eigenvalue weighted by atomic mass is 10.1. The van der Waals surface area contributed by atoms with Gasteiger partial charge in [-0.1, -0.05) is 0 Å². The van der Waals surface area contributed by atoms with Crippen molar-refractivity contribution in [1.82, 2.24) is 15.3 Å². The van der Waals surface area contributed by atoms with Crippen LogP contribution in [0.2, 0.25) is 0 Å². The lowest BCUT2D eigenvalue weighted by Gasteiger charge is -2.31. The van der Waals surface area contributed by atoms with Crippen molar-refractivity contribution in [2.75, 3.05) is 25.0 Å². The number of hydrogen-bond acceptors (Lipinski definition) is 4. The quantitative estimate of drug-likeness (QED) is 0.878. The number of halogens is 3. The minimum atomic E-state index is -4.38. The van der Waals surface area contributed by atoms with Crippen LogP contribution in [0.5, 0.6) is 0 Å². The van der Waals surface area contributed by atoms with E-state index < -0.39 is 11.7 Å². The normalized spacial score (nSPS) is 17.8. The van der Waals surface area contributed by atoms with Gasteiger partial charge in [0.1, 0.15) is 0 Å². The van der Waals surface area contributed by atoms with Crippen LogP contribution in [0.1, 0.15) is 18.4 Å². The zero-order valence-electron chi connectivity index (χ0n) is 10.0. The molecule has 1 aliphatic heterocycles. The van der Waals surface area contributed by atoms with Crippen LogP contribution in [0, 0.1) is 0 Å². The van der Waals surface area contributed by atoms with Gasteiger partial charge in [-0.2, -0.15) is 13.2 Å². The van der Waals surface area contributed by atoms with E-state index in [0.717, 1.165) is 38.3 Å². The minimum Gasteiger partial charge on any atom is -0.341 e. The summed E-state index contributed by atoms with van der Waals surface area (Å²) in [4.78, 5) is 9.44. The highest BCUT2D eigenvalue weighted by atomic mass is 19.4. The van der Waals surface area contributed by atoms with E-state index in [1.165, 1.54) is 0 Å². The SMILES string of the molecule is CN(c1ncc(C(F)(F)F)cn1)C1CCNCC1. The second-order valence-corrected chi connectivity index (χ2v) is 4.36. The summed E-state index contributed by atoms with van der Waals surface area (Å²) in [5.41, 5.74) is -0.815. The van der Waals surface area contributed by atoms with E-state index >= 15 is 0 Å². The first-order valence-electron chi connectivity index (χ1n) is 5.81. The van der Waals surface area contributed by atoms with Gasteiger partial charge >= 0.3 is 6.18 Å². The van der Waals surface area contributed by atoms with Crippen LogP contribution < -0.4 is 10.2 Å². The molecule has 1 aromatic rings. The molecule has 4 nitrogen and oxygen atoms in total. The molecule has 0 aliphatic carbocycles. The fourth-order valence-electron chi connectivity index (χ4n) is 2.01. The van der Waals surface area contributed by atoms with Crippen molar-refractivity contribution in [1.29, 1.82) is 0 Å². The molecule has 0 spiro atoms. The number of rotatable bonds is 2. The summed E-state index contributed by atoms with van der Waals surface area (Å²) in [6.07, 6.45) is -0.826. The van der Waals surface area contributed by atoms with E-state index in [1.807, 2.05) is 11.9 Å². The van der Waals surface area contributed by atoms with Crippen molar-refractivity contribution < 1.29 is 13.2 Å². The third-order valence-corrected chi connectivity index (χ3v) is 3.14. The Balaban J connectivity index is 2.09. The van der Waals surface area contributed by atoms with Crippen LogP contribution in [0.15, 0.2) is 12.4 Å². The molecule has 1 N–H and O–H groups in total. The predicted octanol–water partition coefficient (Wildman–Crippen LogP) is 1.68. The highest BCUT2D eigenvalue weighted by Crippen LogP contribution is 2.28. The van der Waals surface area contributed by atoms with Gasteiger partial charge in [-0.25, -0.2) is 9.97 Å². The van der Waals surface area contributed by atoms with Gasteiger partial charge in [0.25, 0.3) is 0 Å². The Kier molecular flexibility index (Phi) is 3.70. The van der Waals surface area contributed by atoms with Gasteiger partial charge in [0.15, 0.2) is 0 Å². The Morgan fingerprint density at radius 2 is 1.78 bits per heavy atom. The Morgan fingerprint density at radius 3 is 2.28 bits per heavy atom. The molecule has 0 atom stereocenters. The van der Waals surface area contributed by atoms with E-state index in [9.17, 15) is 13.2 Å². The van der Waals surface area contributed by atoms with Gasteiger partial charge in [0, 0.05) is 25.5 Å². The molecule has 7 heteroatoms. The lowest BCUT2D eigenvalue weighted by molar-refractivity contribution is -0.138. The Hall–Kier alpha value is -1.37. The second-order valence-electron chi connectivity index (χ2n) is 4.36. The number of nitrogens with one attached hydrogen (secondary N) is 1. The first-order chi connectivity index (χ1) is 8.48. The van der Waals surface area contributed by atoms with E-state index in [0.29, 0.717) is 5.95 Å². The summed E-state index contributed by atoms with van der Waals surface area (Å²) in [5.74, 6) is 0.343. The van der Waals surface area contributed by atoms with Gasteiger partial charge in [0.2, 0.25) is 5.95 Å². The lowest BCUT2D eigenvalue weighted by Crippen LogP contribution is -2.41. The van der Waals surface area contributed by atoms with Gasteiger partial charge in [0.05, 0.1) is 5.56 Å². The summed E-state index contributed by atoms with van der Waals surface area (Å²) >= 11 is 0. The Morgan fingerprint density at radius 1 is 1.22 bits per heavy atom.